The van der Waals surface area contributed by atoms with Crippen LogP contribution in [-0.4, -0.2) is 14.2 Å². The first-order valence-corrected chi connectivity index (χ1v) is 6.27. The SMILES string of the molecule is COc1cccc(NC(C)c2cccc(OC)c2)c1. The second-order valence-electron chi connectivity index (χ2n) is 4.37. The normalized spacial score (nSPS) is 11.7. The summed E-state index contributed by atoms with van der Waals surface area (Å²) in [6, 6.07) is 16.2. The summed E-state index contributed by atoms with van der Waals surface area (Å²) in [5.41, 5.74) is 2.22. The number of methoxy groups -OCH3 is 2. The summed E-state index contributed by atoms with van der Waals surface area (Å²) in [6.07, 6.45) is 0. The largest absolute Gasteiger partial charge is 0.497 e. The van der Waals surface area contributed by atoms with E-state index in [0.717, 1.165) is 17.2 Å². The molecule has 0 amide bonds. The smallest absolute Gasteiger partial charge is 0.120 e. The van der Waals surface area contributed by atoms with Gasteiger partial charge in [-0.15, -0.1) is 0 Å². The van der Waals surface area contributed by atoms with Crippen molar-refractivity contribution in [2.24, 2.45) is 0 Å². The zero-order valence-electron chi connectivity index (χ0n) is 11.5. The van der Waals surface area contributed by atoms with Crippen LogP contribution in [0.15, 0.2) is 48.5 Å². The first kappa shape index (κ1) is 13.3. The van der Waals surface area contributed by atoms with Gasteiger partial charge < -0.3 is 14.8 Å². The molecule has 2 aromatic carbocycles. The average molecular weight is 257 g/mol. The molecule has 1 N–H and O–H groups in total. The molecule has 0 bridgehead atoms. The maximum absolute atomic E-state index is 5.24. The van der Waals surface area contributed by atoms with Crippen LogP contribution >= 0.6 is 0 Å². The van der Waals surface area contributed by atoms with Crippen molar-refractivity contribution < 1.29 is 9.47 Å². The molecule has 3 nitrogen and oxygen atoms in total. The van der Waals surface area contributed by atoms with Crippen LogP contribution in [0.2, 0.25) is 0 Å². The fourth-order valence-electron chi connectivity index (χ4n) is 1.96. The van der Waals surface area contributed by atoms with E-state index in [2.05, 4.69) is 18.3 Å². The van der Waals surface area contributed by atoms with Crippen LogP contribution in [0.1, 0.15) is 18.5 Å². The number of benzene rings is 2. The topological polar surface area (TPSA) is 30.5 Å². The molecule has 0 radical (unpaired) electrons. The first-order valence-electron chi connectivity index (χ1n) is 6.27. The van der Waals surface area contributed by atoms with Crippen molar-refractivity contribution >= 4 is 5.69 Å². The van der Waals surface area contributed by atoms with Crippen LogP contribution in [0.25, 0.3) is 0 Å². The predicted octanol–water partition coefficient (Wildman–Crippen LogP) is 3.88. The first-order chi connectivity index (χ1) is 9.22. The molecule has 1 unspecified atom stereocenters. The molecule has 0 aliphatic heterocycles. The zero-order chi connectivity index (χ0) is 13.7. The number of ether oxygens (including phenoxy) is 2. The van der Waals surface area contributed by atoms with Gasteiger partial charge in [-0.3, -0.25) is 0 Å². The Hall–Kier alpha value is -2.16. The molecule has 0 aromatic heterocycles. The summed E-state index contributed by atoms with van der Waals surface area (Å²) in [6.45, 7) is 2.12. The van der Waals surface area contributed by atoms with Crippen LogP contribution in [-0.2, 0) is 0 Å². The van der Waals surface area contributed by atoms with Crippen molar-refractivity contribution in [3.05, 3.63) is 54.1 Å². The fraction of sp³-hybridized carbons (Fsp3) is 0.250. The second-order valence-corrected chi connectivity index (χ2v) is 4.37. The summed E-state index contributed by atoms with van der Waals surface area (Å²) in [4.78, 5) is 0. The number of rotatable bonds is 5. The third-order valence-electron chi connectivity index (χ3n) is 3.05. The van der Waals surface area contributed by atoms with E-state index in [1.165, 1.54) is 5.56 Å². The van der Waals surface area contributed by atoms with Gasteiger partial charge >= 0.3 is 0 Å². The van der Waals surface area contributed by atoms with Crippen molar-refractivity contribution in [2.75, 3.05) is 19.5 Å². The summed E-state index contributed by atoms with van der Waals surface area (Å²) < 4.78 is 10.5. The predicted molar refractivity (Wildman–Crippen MR) is 78.0 cm³/mol. The highest BCUT2D eigenvalue weighted by Gasteiger charge is 2.06. The van der Waals surface area contributed by atoms with Crippen LogP contribution in [0.3, 0.4) is 0 Å². The number of hydrogen-bond acceptors (Lipinski definition) is 3. The van der Waals surface area contributed by atoms with Gasteiger partial charge in [-0.05, 0) is 36.8 Å². The van der Waals surface area contributed by atoms with Gasteiger partial charge in [0.25, 0.3) is 0 Å². The number of anilines is 1. The van der Waals surface area contributed by atoms with Gasteiger partial charge in [0, 0.05) is 17.8 Å². The van der Waals surface area contributed by atoms with E-state index >= 15 is 0 Å². The van der Waals surface area contributed by atoms with E-state index < -0.39 is 0 Å². The highest BCUT2D eigenvalue weighted by molar-refractivity contribution is 5.50. The van der Waals surface area contributed by atoms with E-state index in [1.54, 1.807) is 14.2 Å². The van der Waals surface area contributed by atoms with Crippen molar-refractivity contribution in [3.63, 3.8) is 0 Å². The number of hydrogen-bond donors (Lipinski definition) is 1. The third-order valence-corrected chi connectivity index (χ3v) is 3.05. The Labute approximate surface area is 114 Å². The maximum atomic E-state index is 5.24. The fourth-order valence-corrected chi connectivity index (χ4v) is 1.96. The summed E-state index contributed by atoms with van der Waals surface area (Å²) in [7, 11) is 3.35. The van der Waals surface area contributed by atoms with Crippen molar-refractivity contribution in [1.82, 2.24) is 0 Å². The Morgan fingerprint density at radius 3 is 2.21 bits per heavy atom. The second kappa shape index (κ2) is 6.14. The quantitative estimate of drug-likeness (QED) is 0.881. The van der Waals surface area contributed by atoms with Gasteiger partial charge in [-0.1, -0.05) is 18.2 Å². The molecular weight excluding hydrogens is 238 g/mol. The lowest BCUT2D eigenvalue weighted by atomic mass is 10.1. The van der Waals surface area contributed by atoms with Gasteiger partial charge in [0.15, 0.2) is 0 Å². The van der Waals surface area contributed by atoms with E-state index in [0.29, 0.717) is 0 Å². The molecule has 0 fully saturated rings. The Morgan fingerprint density at radius 1 is 0.895 bits per heavy atom. The van der Waals surface area contributed by atoms with E-state index in [4.69, 9.17) is 9.47 Å². The van der Waals surface area contributed by atoms with Gasteiger partial charge in [-0.25, -0.2) is 0 Å². The Kier molecular flexibility index (Phi) is 4.29. The van der Waals surface area contributed by atoms with Gasteiger partial charge in [0.1, 0.15) is 11.5 Å². The van der Waals surface area contributed by atoms with Crippen LogP contribution in [0.4, 0.5) is 5.69 Å². The summed E-state index contributed by atoms with van der Waals surface area (Å²) >= 11 is 0. The Balaban J connectivity index is 2.13. The molecule has 1 atom stereocenters. The lowest BCUT2D eigenvalue weighted by Gasteiger charge is -2.17. The van der Waals surface area contributed by atoms with E-state index in [1.807, 2.05) is 42.5 Å². The lowest BCUT2D eigenvalue weighted by Crippen LogP contribution is -2.06. The lowest BCUT2D eigenvalue weighted by molar-refractivity contribution is 0.414. The molecule has 100 valence electrons. The van der Waals surface area contributed by atoms with E-state index in [-0.39, 0.29) is 6.04 Å². The summed E-state index contributed by atoms with van der Waals surface area (Å²) in [5.74, 6) is 1.72. The minimum absolute atomic E-state index is 0.196. The van der Waals surface area contributed by atoms with Crippen molar-refractivity contribution in [3.8, 4) is 11.5 Å². The number of nitrogens with one attached hydrogen (secondary N) is 1. The van der Waals surface area contributed by atoms with Crippen LogP contribution in [0.5, 0.6) is 11.5 Å². The van der Waals surface area contributed by atoms with Gasteiger partial charge in [0.2, 0.25) is 0 Å². The molecule has 19 heavy (non-hydrogen) atoms. The third kappa shape index (κ3) is 3.41. The van der Waals surface area contributed by atoms with Crippen LogP contribution in [0, 0.1) is 0 Å². The zero-order valence-corrected chi connectivity index (χ0v) is 11.5. The molecular formula is C16H19NO2. The minimum atomic E-state index is 0.196. The summed E-state index contributed by atoms with van der Waals surface area (Å²) in [5, 5.41) is 3.45. The molecule has 3 heteroatoms. The van der Waals surface area contributed by atoms with Gasteiger partial charge in [-0.2, -0.15) is 0 Å². The molecule has 0 saturated heterocycles. The molecule has 0 saturated carbocycles. The van der Waals surface area contributed by atoms with E-state index in [9.17, 15) is 0 Å². The minimum Gasteiger partial charge on any atom is -0.497 e. The Bertz CT molecular complexity index is 540. The molecule has 0 heterocycles. The molecule has 0 aliphatic carbocycles. The van der Waals surface area contributed by atoms with Crippen LogP contribution < -0.4 is 14.8 Å². The highest BCUT2D eigenvalue weighted by atomic mass is 16.5. The van der Waals surface area contributed by atoms with Crippen molar-refractivity contribution in [2.45, 2.75) is 13.0 Å². The maximum Gasteiger partial charge on any atom is 0.120 e. The Morgan fingerprint density at radius 2 is 1.53 bits per heavy atom. The van der Waals surface area contributed by atoms with Gasteiger partial charge in [0.05, 0.1) is 14.2 Å². The highest BCUT2D eigenvalue weighted by Crippen LogP contribution is 2.24. The standard InChI is InChI=1S/C16H19NO2/c1-12(13-6-4-8-15(10-13)18-2)17-14-7-5-9-16(11-14)19-3/h4-12,17H,1-3H3. The van der Waals surface area contributed by atoms with Crippen molar-refractivity contribution in [1.29, 1.82) is 0 Å². The molecule has 2 aromatic rings. The molecule has 0 spiro atoms. The average Bonchev–Trinajstić information content (AvgIpc) is 2.47. The monoisotopic (exact) mass is 257 g/mol. The molecule has 0 aliphatic rings. The molecule has 2 rings (SSSR count).